The van der Waals surface area contributed by atoms with Crippen LogP contribution in [0.5, 0.6) is 0 Å². The number of hydrogen-bond acceptors (Lipinski definition) is 5. The van der Waals surface area contributed by atoms with Gasteiger partial charge in [-0.3, -0.25) is 14.5 Å². The number of nitrogens with zero attached hydrogens (tertiary/aromatic N) is 3. The Hall–Kier alpha value is -3.69. The molecule has 0 radical (unpaired) electrons. The summed E-state index contributed by atoms with van der Waals surface area (Å²) in [5.41, 5.74) is 3.69. The van der Waals surface area contributed by atoms with E-state index in [1.807, 2.05) is 31.2 Å². The van der Waals surface area contributed by atoms with E-state index in [0.29, 0.717) is 37.4 Å². The van der Waals surface area contributed by atoms with E-state index >= 15 is 0 Å². The highest BCUT2D eigenvalue weighted by molar-refractivity contribution is 6.24. The number of para-hydroxylation sites is 2. The number of carbonyl (C=O) groups is 3. The summed E-state index contributed by atoms with van der Waals surface area (Å²) in [7, 11) is 0. The molecule has 6 rings (SSSR count). The summed E-state index contributed by atoms with van der Waals surface area (Å²) in [4.78, 5) is 48.9. The van der Waals surface area contributed by atoms with Gasteiger partial charge < -0.3 is 19.9 Å². The number of anilines is 1. The van der Waals surface area contributed by atoms with Crippen LogP contribution in [0.4, 0.5) is 10.5 Å². The Morgan fingerprint density at radius 3 is 2.67 bits per heavy atom. The average Bonchev–Trinajstić information content (AvgIpc) is 3.40. The van der Waals surface area contributed by atoms with E-state index in [1.165, 1.54) is 4.90 Å². The van der Waals surface area contributed by atoms with Gasteiger partial charge in [-0.2, -0.15) is 0 Å². The number of nitrogens with one attached hydrogen (secondary N) is 2. The lowest BCUT2D eigenvalue weighted by molar-refractivity contribution is -0.120. The van der Waals surface area contributed by atoms with Crippen molar-refractivity contribution in [2.75, 3.05) is 44.3 Å². The predicted octanol–water partition coefficient (Wildman–Crippen LogP) is 2.68. The molecule has 3 aliphatic rings. The molecule has 2 saturated heterocycles. The Labute approximate surface area is 209 Å². The summed E-state index contributed by atoms with van der Waals surface area (Å²) in [6.45, 7) is 6.22. The smallest absolute Gasteiger partial charge is 0.332 e. The number of aromatic amines is 1. The molecule has 36 heavy (non-hydrogen) atoms. The minimum Gasteiger partial charge on any atom is -0.379 e. The zero-order valence-corrected chi connectivity index (χ0v) is 20.2. The standard InChI is InChI=1S/C27H29N5O4/c1-17-24-20(18-6-2-4-8-21(18)29-24)16-23-26(34)32(27(35)31(17)23)22-9-5-3-7-19(22)25(33)28-10-11-30-12-14-36-15-13-30/h2-9,17,23,29H,10-16H2,1H3,(H,28,33)/t17-,23-/m0/s1. The second-order valence-corrected chi connectivity index (χ2v) is 9.55. The van der Waals surface area contributed by atoms with Gasteiger partial charge in [0.25, 0.3) is 11.8 Å². The van der Waals surface area contributed by atoms with Crippen LogP contribution in [-0.2, 0) is 16.0 Å². The Kier molecular flexibility index (Phi) is 5.73. The first-order valence-electron chi connectivity index (χ1n) is 12.5. The van der Waals surface area contributed by atoms with Crippen molar-refractivity contribution in [3.05, 3.63) is 65.4 Å². The number of amides is 4. The number of urea groups is 1. The first kappa shape index (κ1) is 22.8. The molecular weight excluding hydrogens is 458 g/mol. The number of imide groups is 1. The third-order valence-corrected chi connectivity index (χ3v) is 7.54. The van der Waals surface area contributed by atoms with E-state index < -0.39 is 12.1 Å². The van der Waals surface area contributed by atoms with E-state index in [4.69, 9.17) is 4.74 Å². The van der Waals surface area contributed by atoms with Crippen molar-refractivity contribution in [2.24, 2.45) is 0 Å². The summed E-state index contributed by atoms with van der Waals surface area (Å²) in [6.07, 6.45) is 0.443. The molecule has 0 saturated carbocycles. The van der Waals surface area contributed by atoms with Crippen LogP contribution in [-0.4, -0.2) is 78.1 Å². The Bertz CT molecular complexity index is 1340. The second kappa shape index (κ2) is 9.07. The van der Waals surface area contributed by atoms with Gasteiger partial charge >= 0.3 is 6.03 Å². The normalized spacial score (nSPS) is 22.1. The van der Waals surface area contributed by atoms with Crippen molar-refractivity contribution in [1.82, 2.24) is 20.1 Å². The molecule has 2 aromatic carbocycles. The van der Waals surface area contributed by atoms with Gasteiger partial charge in [0.2, 0.25) is 0 Å². The molecule has 9 heteroatoms. The van der Waals surface area contributed by atoms with E-state index in [9.17, 15) is 14.4 Å². The highest BCUT2D eigenvalue weighted by atomic mass is 16.5. The Morgan fingerprint density at radius 2 is 1.83 bits per heavy atom. The van der Waals surface area contributed by atoms with Gasteiger partial charge in [0.05, 0.1) is 30.5 Å². The van der Waals surface area contributed by atoms with E-state index in [0.717, 1.165) is 41.8 Å². The lowest BCUT2D eigenvalue weighted by Gasteiger charge is -2.33. The fourth-order valence-electron chi connectivity index (χ4n) is 5.69. The minimum absolute atomic E-state index is 0.290. The maximum absolute atomic E-state index is 13.7. The molecule has 1 aromatic heterocycles. The molecule has 0 unspecified atom stereocenters. The van der Waals surface area contributed by atoms with Crippen LogP contribution in [0.15, 0.2) is 48.5 Å². The van der Waals surface area contributed by atoms with Crippen molar-refractivity contribution < 1.29 is 19.1 Å². The Morgan fingerprint density at radius 1 is 1.08 bits per heavy atom. The number of morpholine rings is 1. The van der Waals surface area contributed by atoms with Crippen molar-refractivity contribution in [3.63, 3.8) is 0 Å². The minimum atomic E-state index is -0.600. The predicted molar refractivity (Wildman–Crippen MR) is 135 cm³/mol. The molecule has 2 N–H and O–H groups in total. The molecule has 9 nitrogen and oxygen atoms in total. The summed E-state index contributed by atoms with van der Waals surface area (Å²) in [5, 5.41) is 4.03. The lowest BCUT2D eigenvalue weighted by atomic mass is 9.93. The molecule has 186 valence electrons. The SMILES string of the molecule is C[C@H]1c2[nH]c3ccccc3c2C[C@H]2C(=O)N(c3ccccc3C(=O)NCCN3CCOCC3)C(=O)N21. The molecule has 4 heterocycles. The van der Waals surface area contributed by atoms with E-state index in [1.54, 1.807) is 29.2 Å². The van der Waals surface area contributed by atoms with Crippen molar-refractivity contribution in [3.8, 4) is 0 Å². The van der Waals surface area contributed by atoms with Gasteiger partial charge in [0.15, 0.2) is 0 Å². The fourth-order valence-corrected chi connectivity index (χ4v) is 5.69. The van der Waals surface area contributed by atoms with E-state index in [2.05, 4.69) is 15.2 Å². The number of carbonyl (C=O) groups excluding carboxylic acids is 3. The quantitative estimate of drug-likeness (QED) is 0.540. The van der Waals surface area contributed by atoms with Crippen LogP contribution in [0.2, 0.25) is 0 Å². The zero-order chi connectivity index (χ0) is 24.8. The molecule has 0 bridgehead atoms. The molecule has 3 aromatic rings. The van der Waals surface area contributed by atoms with E-state index in [-0.39, 0.29) is 17.9 Å². The fraction of sp³-hybridized carbons (Fsp3) is 0.370. The molecular formula is C27H29N5O4. The third kappa shape index (κ3) is 3.66. The Balaban J connectivity index is 1.25. The van der Waals surface area contributed by atoms with Gasteiger partial charge in [-0.1, -0.05) is 30.3 Å². The van der Waals surface area contributed by atoms with Crippen molar-refractivity contribution in [1.29, 1.82) is 0 Å². The number of ether oxygens (including phenoxy) is 1. The maximum atomic E-state index is 13.7. The average molecular weight is 488 g/mol. The summed E-state index contributed by atoms with van der Waals surface area (Å²) < 4.78 is 5.37. The number of aromatic nitrogens is 1. The number of H-pyrrole nitrogens is 1. The highest BCUT2D eigenvalue weighted by Crippen LogP contribution is 2.42. The van der Waals surface area contributed by atoms with Gasteiger partial charge in [-0.05, 0) is 30.7 Å². The number of fused-ring (bicyclic) bond motifs is 4. The number of rotatable bonds is 5. The van der Waals surface area contributed by atoms with Crippen LogP contribution in [0.3, 0.4) is 0 Å². The summed E-state index contributed by atoms with van der Waals surface area (Å²) in [6, 6.07) is 13.6. The van der Waals surface area contributed by atoms with Gasteiger partial charge in [-0.15, -0.1) is 0 Å². The first-order valence-corrected chi connectivity index (χ1v) is 12.5. The van der Waals surface area contributed by atoms with Crippen molar-refractivity contribution >= 4 is 34.4 Å². The largest absolute Gasteiger partial charge is 0.379 e. The number of hydrogen-bond donors (Lipinski definition) is 2. The van der Waals surface area contributed by atoms with Crippen LogP contribution >= 0.6 is 0 Å². The molecule has 3 aliphatic heterocycles. The molecule has 0 spiro atoms. The summed E-state index contributed by atoms with van der Waals surface area (Å²) >= 11 is 0. The molecule has 2 atom stereocenters. The first-order chi connectivity index (χ1) is 17.5. The van der Waals surface area contributed by atoms with Crippen LogP contribution in [0, 0.1) is 0 Å². The maximum Gasteiger partial charge on any atom is 0.332 e. The van der Waals surface area contributed by atoms with Crippen molar-refractivity contribution in [2.45, 2.75) is 25.4 Å². The van der Waals surface area contributed by atoms with Gasteiger partial charge in [0, 0.05) is 49.2 Å². The zero-order valence-electron chi connectivity index (χ0n) is 20.2. The topological polar surface area (TPSA) is 98.0 Å². The van der Waals surface area contributed by atoms with Gasteiger partial charge in [-0.25, -0.2) is 9.69 Å². The third-order valence-electron chi connectivity index (χ3n) is 7.54. The number of benzene rings is 2. The monoisotopic (exact) mass is 487 g/mol. The molecule has 0 aliphatic carbocycles. The second-order valence-electron chi connectivity index (χ2n) is 9.55. The van der Waals surface area contributed by atoms with Crippen LogP contribution in [0.25, 0.3) is 10.9 Å². The van der Waals surface area contributed by atoms with Gasteiger partial charge in [0.1, 0.15) is 6.04 Å². The summed E-state index contributed by atoms with van der Waals surface area (Å²) in [5.74, 6) is -0.593. The molecule has 4 amide bonds. The lowest BCUT2D eigenvalue weighted by Crippen LogP contribution is -2.42. The van der Waals surface area contributed by atoms with Crippen LogP contribution in [0.1, 0.15) is 34.6 Å². The molecule has 2 fully saturated rings. The highest BCUT2D eigenvalue weighted by Gasteiger charge is 2.52. The van der Waals surface area contributed by atoms with Crippen LogP contribution < -0.4 is 10.2 Å².